The Bertz CT molecular complexity index is 628. The first-order chi connectivity index (χ1) is 9.58. The molecule has 2 heterocycles. The average molecular weight is 294 g/mol. The molecule has 0 atom stereocenters. The van der Waals surface area contributed by atoms with Gasteiger partial charge in [-0.1, -0.05) is 0 Å². The molecule has 8 nitrogen and oxygen atoms in total. The molecular formula is C11H14N6O2S. The first-order valence-corrected chi connectivity index (χ1v) is 6.56. The van der Waals surface area contributed by atoms with E-state index in [0.29, 0.717) is 28.9 Å². The molecule has 106 valence electrons. The van der Waals surface area contributed by atoms with Crippen LogP contribution < -0.4 is 22.1 Å². The summed E-state index contributed by atoms with van der Waals surface area (Å²) in [5.74, 6) is 1.17. The van der Waals surface area contributed by atoms with Gasteiger partial charge in [0, 0.05) is 12.4 Å². The van der Waals surface area contributed by atoms with E-state index in [0.717, 1.165) is 0 Å². The third-order valence-electron chi connectivity index (χ3n) is 2.28. The third-order valence-corrected chi connectivity index (χ3v) is 3.02. The van der Waals surface area contributed by atoms with Crippen LogP contribution in [0.1, 0.15) is 5.76 Å². The smallest absolute Gasteiger partial charge is 0.314 e. The Hall–Kier alpha value is -2.55. The molecule has 0 bridgehead atoms. The topological polar surface area (TPSA) is 132 Å². The molecule has 0 saturated carbocycles. The van der Waals surface area contributed by atoms with Crippen LogP contribution in [0.3, 0.4) is 0 Å². The lowest BCUT2D eigenvalue weighted by molar-refractivity contribution is 0.241. The van der Waals surface area contributed by atoms with Crippen molar-refractivity contribution in [2.24, 2.45) is 16.5 Å². The highest BCUT2D eigenvalue weighted by Crippen LogP contribution is 2.27. The second-order valence-corrected chi connectivity index (χ2v) is 4.59. The normalized spacial score (nSPS) is 10.1. The first-order valence-electron chi connectivity index (χ1n) is 5.68. The molecule has 2 rings (SSSR count). The summed E-state index contributed by atoms with van der Waals surface area (Å²) in [6.07, 6.45) is 0. The SMILES string of the molecule is CNC(=O)NCc1ccc(-c2csc(N=C(N)N)n2)o1. The summed E-state index contributed by atoms with van der Waals surface area (Å²) < 4.78 is 5.57. The molecule has 0 radical (unpaired) electrons. The van der Waals surface area contributed by atoms with Crippen LogP contribution in [0.2, 0.25) is 0 Å². The minimum atomic E-state index is -0.272. The number of aliphatic imine (C=N–C) groups is 1. The number of hydrogen-bond acceptors (Lipinski definition) is 5. The number of nitrogens with two attached hydrogens (primary N) is 2. The van der Waals surface area contributed by atoms with E-state index in [9.17, 15) is 4.79 Å². The number of furan rings is 1. The number of thiazole rings is 1. The molecule has 0 aromatic carbocycles. The number of carbonyl (C=O) groups is 1. The van der Waals surface area contributed by atoms with Crippen molar-refractivity contribution in [1.82, 2.24) is 15.6 Å². The van der Waals surface area contributed by atoms with E-state index in [-0.39, 0.29) is 12.0 Å². The zero-order valence-electron chi connectivity index (χ0n) is 10.7. The number of urea groups is 1. The lowest BCUT2D eigenvalue weighted by Gasteiger charge is -2.00. The maximum absolute atomic E-state index is 11.1. The van der Waals surface area contributed by atoms with Crippen LogP contribution in [-0.2, 0) is 6.54 Å². The standard InChI is InChI=1S/C11H14N6O2S/c1-14-10(18)15-4-6-2-3-8(19-6)7-5-20-11(16-7)17-9(12)13/h2-3,5H,4H2,1H3,(H2,14,15,18)(H4,12,13,16,17). The molecule has 2 amide bonds. The summed E-state index contributed by atoms with van der Waals surface area (Å²) in [7, 11) is 1.55. The van der Waals surface area contributed by atoms with Gasteiger partial charge in [0.25, 0.3) is 0 Å². The van der Waals surface area contributed by atoms with E-state index < -0.39 is 0 Å². The van der Waals surface area contributed by atoms with Gasteiger partial charge in [-0.25, -0.2) is 9.78 Å². The molecule has 9 heteroatoms. The molecule has 0 saturated heterocycles. The summed E-state index contributed by atoms with van der Waals surface area (Å²) in [6.45, 7) is 0.296. The highest BCUT2D eigenvalue weighted by molar-refractivity contribution is 7.13. The number of aromatic nitrogens is 1. The van der Waals surface area contributed by atoms with Gasteiger partial charge in [-0.3, -0.25) is 0 Å². The maximum atomic E-state index is 11.1. The number of nitrogens with one attached hydrogen (secondary N) is 2. The van der Waals surface area contributed by atoms with Gasteiger partial charge in [0.15, 0.2) is 11.7 Å². The average Bonchev–Trinajstić information content (AvgIpc) is 3.03. The third kappa shape index (κ3) is 3.48. The quantitative estimate of drug-likeness (QED) is 0.487. The Morgan fingerprint density at radius 2 is 2.30 bits per heavy atom. The second-order valence-electron chi connectivity index (χ2n) is 3.75. The molecule has 2 aromatic rings. The first kappa shape index (κ1) is 13.9. The van der Waals surface area contributed by atoms with Crippen LogP contribution in [0.5, 0.6) is 0 Å². The molecule has 0 aliphatic carbocycles. The van der Waals surface area contributed by atoms with Crippen molar-refractivity contribution in [3.63, 3.8) is 0 Å². The van der Waals surface area contributed by atoms with Crippen LogP contribution in [-0.4, -0.2) is 24.0 Å². The Morgan fingerprint density at radius 1 is 1.50 bits per heavy atom. The fraction of sp³-hybridized carbons (Fsp3) is 0.182. The van der Waals surface area contributed by atoms with Crippen molar-refractivity contribution in [2.45, 2.75) is 6.54 Å². The zero-order chi connectivity index (χ0) is 14.5. The molecule has 6 N–H and O–H groups in total. The van der Waals surface area contributed by atoms with E-state index in [2.05, 4.69) is 20.6 Å². The lowest BCUT2D eigenvalue weighted by atomic mass is 10.3. The Morgan fingerprint density at radius 3 is 3.00 bits per heavy atom. The molecule has 0 unspecified atom stereocenters. The van der Waals surface area contributed by atoms with Gasteiger partial charge >= 0.3 is 6.03 Å². The molecule has 0 aliphatic heterocycles. The molecule has 0 aliphatic rings. The van der Waals surface area contributed by atoms with Gasteiger partial charge in [-0.05, 0) is 12.1 Å². The van der Waals surface area contributed by atoms with E-state index in [4.69, 9.17) is 15.9 Å². The highest BCUT2D eigenvalue weighted by Gasteiger charge is 2.09. The number of carbonyl (C=O) groups excluding carboxylic acids is 1. The molecular weight excluding hydrogens is 280 g/mol. The molecule has 0 fully saturated rings. The number of amides is 2. The van der Waals surface area contributed by atoms with Gasteiger partial charge in [0.05, 0.1) is 6.54 Å². The van der Waals surface area contributed by atoms with Gasteiger partial charge in [0.1, 0.15) is 11.5 Å². The van der Waals surface area contributed by atoms with Crippen molar-refractivity contribution in [3.8, 4) is 11.5 Å². The Labute approximate surface area is 118 Å². The monoisotopic (exact) mass is 294 g/mol. The van der Waals surface area contributed by atoms with E-state index in [1.807, 2.05) is 0 Å². The highest BCUT2D eigenvalue weighted by atomic mass is 32.1. The predicted molar refractivity (Wildman–Crippen MR) is 76.6 cm³/mol. The van der Waals surface area contributed by atoms with Gasteiger partial charge in [0.2, 0.25) is 5.13 Å². The summed E-state index contributed by atoms with van der Waals surface area (Å²) in [6, 6.07) is 3.27. The van der Waals surface area contributed by atoms with E-state index in [1.165, 1.54) is 11.3 Å². The lowest BCUT2D eigenvalue weighted by Crippen LogP contribution is -2.31. The van der Waals surface area contributed by atoms with Crippen molar-refractivity contribution in [3.05, 3.63) is 23.3 Å². The summed E-state index contributed by atoms with van der Waals surface area (Å²) in [4.78, 5) is 19.1. The number of nitrogens with zero attached hydrogens (tertiary/aromatic N) is 2. The minimum Gasteiger partial charge on any atom is -0.458 e. The van der Waals surface area contributed by atoms with Crippen LogP contribution in [0.15, 0.2) is 26.9 Å². The predicted octanol–water partition coefficient (Wildman–Crippen LogP) is 0.737. The zero-order valence-corrected chi connectivity index (χ0v) is 11.5. The Kier molecular flexibility index (Phi) is 4.20. The van der Waals surface area contributed by atoms with Gasteiger partial charge in [-0.15, -0.1) is 11.3 Å². The van der Waals surface area contributed by atoms with Crippen molar-refractivity contribution < 1.29 is 9.21 Å². The molecule has 2 aromatic heterocycles. The molecule has 0 spiro atoms. The van der Waals surface area contributed by atoms with Crippen molar-refractivity contribution in [1.29, 1.82) is 0 Å². The number of rotatable bonds is 4. The molecule has 20 heavy (non-hydrogen) atoms. The van der Waals surface area contributed by atoms with Crippen LogP contribution >= 0.6 is 11.3 Å². The second kappa shape index (κ2) is 6.06. The summed E-state index contributed by atoms with van der Waals surface area (Å²) in [5, 5.41) is 7.33. The van der Waals surface area contributed by atoms with Crippen molar-refractivity contribution >= 4 is 28.5 Å². The Balaban J connectivity index is 2.06. The summed E-state index contributed by atoms with van der Waals surface area (Å²) in [5.41, 5.74) is 11.2. The van der Waals surface area contributed by atoms with Crippen LogP contribution in [0, 0.1) is 0 Å². The van der Waals surface area contributed by atoms with Gasteiger partial charge in [-0.2, -0.15) is 4.99 Å². The van der Waals surface area contributed by atoms with E-state index in [1.54, 1.807) is 24.6 Å². The largest absolute Gasteiger partial charge is 0.458 e. The number of hydrogen-bond donors (Lipinski definition) is 4. The number of guanidine groups is 1. The van der Waals surface area contributed by atoms with Crippen molar-refractivity contribution in [2.75, 3.05) is 7.05 Å². The fourth-order valence-corrected chi connectivity index (χ4v) is 2.10. The van der Waals surface area contributed by atoms with E-state index >= 15 is 0 Å². The maximum Gasteiger partial charge on any atom is 0.314 e. The van der Waals surface area contributed by atoms with Gasteiger partial charge < -0.3 is 26.5 Å². The summed E-state index contributed by atoms with van der Waals surface area (Å²) >= 11 is 1.31. The minimum absolute atomic E-state index is 0.0409. The van der Waals surface area contributed by atoms with Crippen LogP contribution in [0.4, 0.5) is 9.93 Å². The van der Waals surface area contributed by atoms with Crippen LogP contribution in [0.25, 0.3) is 11.5 Å². The fourth-order valence-electron chi connectivity index (χ4n) is 1.41.